The van der Waals surface area contributed by atoms with E-state index in [1.54, 1.807) is 0 Å². The number of piperidine rings is 1. The van der Waals surface area contributed by atoms with E-state index in [2.05, 4.69) is 5.32 Å². The van der Waals surface area contributed by atoms with Gasteiger partial charge in [-0.2, -0.15) is 0 Å². The fraction of sp³-hybridized carbons (Fsp3) is 0.381. The minimum Gasteiger partial charge on any atom is -0.378 e. The fourth-order valence-corrected chi connectivity index (χ4v) is 3.18. The van der Waals surface area contributed by atoms with Gasteiger partial charge in [0.25, 0.3) is 5.91 Å². The number of benzene rings is 2. The molecule has 27 heavy (non-hydrogen) atoms. The van der Waals surface area contributed by atoms with Crippen LogP contribution in [0.25, 0.3) is 0 Å². The first-order valence-electron chi connectivity index (χ1n) is 9.30. The first kappa shape index (κ1) is 21.2. The van der Waals surface area contributed by atoms with Crippen LogP contribution in [0.1, 0.15) is 29.6 Å². The van der Waals surface area contributed by atoms with Crippen LogP contribution in [0.3, 0.4) is 0 Å². The number of halogens is 1. The van der Waals surface area contributed by atoms with Crippen molar-refractivity contribution in [3.8, 4) is 0 Å². The highest BCUT2D eigenvalue weighted by Gasteiger charge is 2.25. The number of likely N-dealkylation sites (tertiary alicyclic amines) is 1. The molecular formula is C21H28ClN3O2. The number of carbonyl (C=O) groups excluding carboxylic acids is 1. The van der Waals surface area contributed by atoms with Gasteiger partial charge in [0, 0.05) is 25.4 Å². The molecule has 0 aromatic heterocycles. The highest BCUT2D eigenvalue weighted by molar-refractivity contribution is 6.00. The lowest BCUT2D eigenvalue weighted by Crippen LogP contribution is -2.41. The molecule has 0 unspecified atom stereocenters. The zero-order chi connectivity index (χ0) is 18.2. The summed E-state index contributed by atoms with van der Waals surface area (Å²) in [5.41, 5.74) is 8.02. The summed E-state index contributed by atoms with van der Waals surface area (Å²) in [6.45, 7) is 2.82. The van der Waals surface area contributed by atoms with E-state index < -0.39 is 0 Å². The van der Waals surface area contributed by atoms with Gasteiger partial charge in [-0.25, -0.2) is 0 Å². The molecule has 1 fully saturated rings. The van der Waals surface area contributed by atoms with E-state index in [0.29, 0.717) is 18.7 Å². The number of nitrogens with one attached hydrogen (secondary N) is 1. The van der Waals surface area contributed by atoms with Crippen molar-refractivity contribution in [3.63, 3.8) is 0 Å². The van der Waals surface area contributed by atoms with Crippen LogP contribution in [-0.2, 0) is 4.74 Å². The first-order valence-corrected chi connectivity index (χ1v) is 9.30. The summed E-state index contributed by atoms with van der Waals surface area (Å²) >= 11 is 0. The van der Waals surface area contributed by atoms with Crippen molar-refractivity contribution >= 4 is 29.7 Å². The third kappa shape index (κ3) is 5.96. The Bertz CT molecular complexity index is 704. The molecule has 0 radical (unpaired) electrons. The second-order valence-electron chi connectivity index (χ2n) is 6.54. The average molecular weight is 390 g/mol. The van der Waals surface area contributed by atoms with E-state index in [-0.39, 0.29) is 24.4 Å². The normalized spacial score (nSPS) is 14.5. The highest BCUT2D eigenvalue weighted by Crippen LogP contribution is 2.24. The summed E-state index contributed by atoms with van der Waals surface area (Å²) in [5.74, 6) is 0.0736. The third-order valence-electron chi connectivity index (χ3n) is 4.64. The van der Waals surface area contributed by atoms with Crippen molar-refractivity contribution in [3.05, 3.63) is 60.2 Å². The van der Waals surface area contributed by atoms with Crippen molar-refractivity contribution in [2.24, 2.45) is 5.73 Å². The van der Waals surface area contributed by atoms with E-state index >= 15 is 0 Å². The van der Waals surface area contributed by atoms with E-state index in [1.807, 2.05) is 59.5 Å². The summed E-state index contributed by atoms with van der Waals surface area (Å²) in [6.07, 6.45) is 2.88. The third-order valence-corrected chi connectivity index (χ3v) is 4.64. The van der Waals surface area contributed by atoms with Gasteiger partial charge in [-0.3, -0.25) is 4.79 Å². The van der Waals surface area contributed by atoms with Gasteiger partial charge in [-0.15, -0.1) is 12.4 Å². The monoisotopic (exact) mass is 389 g/mol. The number of para-hydroxylation sites is 2. The Morgan fingerprint density at radius 2 is 1.74 bits per heavy atom. The van der Waals surface area contributed by atoms with Crippen molar-refractivity contribution in [2.75, 3.05) is 31.6 Å². The molecule has 3 rings (SSSR count). The van der Waals surface area contributed by atoms with Crippen LogP contribution in [0.5, 0.6) is 0 Å². The quantitative estimate of drug-likeness (QED) is 0.706. The highest BCUT2D eigenvalue weighted by atomic mass is 35.5. The largest absolute Gasteiger partial charge is 0.378 e. The number of ether oxygens (including phenoxy) is 1. The van der Waals surface area contributed by atoms with E-state index in [4.69, 9.17) is 10.5 Å². The summed E-state index contributed by atoms with van der Waals surface area (Å²) < 4.78 is 5.83. The minimum atomic E-state index is 0. The van der Waals surface area contributed by atoms with Crippen molar-refractivity contribution < 1.29 is 9.53 Å². The second kappa shape index (κ2) is 10.9. The summed E-state index contributed by atoms with van der Waals surface area (Å²) in [4.78, 5) is 14.9. The molecule has 1 saturated heterocycles. The summed E-state index contributed by atoms with van der Waals surface area (Å²) in [5, 5.41) is 3.35. The van der Waals surface area contributed by atoms with Crippen LogP contribution in [-0.4, -0.2) is 43.2 Å². The zero-order valence-corrected chi connectivity index (χ0v) is 16.3. The Morgan fingerprint density at radius 3 is 2.44 bits per heavy atom. The number of rotatable bonds is 7. The van der Waals surface area contributed by atoms with Crippen molar-refractivity contribution in [1.29, 1.82) is 0 Å². The average Bonchev–Trinajstić information content (AvgIpc) is 2.69. The lowest BCUT2D eigenvalue weighted by Gasteiger charge is -2.32. The topological polar surface area (TPSA) is 67.6 Å². The summed E-state index contributed by atoms with van der Waals surface area (Å²) in [7, 11) is 0. The number of carbonyl (C=O) groups is 1. The van der Waals surface area contributed by atoms with Crippen LogP contribution < -0.4 is 11.1 Å². The maximum Gasteiger partial charge on any atom is 0.255 e. The van der Waals surface area contributed by atoms with Crippen molar-refractivity contribution in [1.82, 2.24) is 4.90 Å². The number of hydrogen-bond donors (Lipinski definition) is 2. The van der Waals surface area contributed by atoms with Crippen LogP contribution in [0.4, 0.5) is 11.4 Å². The molecule has 0 aliphatic carbocycles. The lowest BCUT2D eigenvalue weighted by atomic mass is 10.1. The van der Waals surface area contributed by atoms with Gasteiger partial charge in [-0.05, 0) is 50.1 Å². The molecule has 0 bridgehead atoms. The van der Waals surface area contributed by atoms with Crippen LogP contribution in [0.2, 0.25) is 0 Å². The Labute approximate surface area is 167 Å². The number of hydrogen-bond acceptors (Lipinski definition) is 4. The van der Waals surface area contributed by atoms with Gasteiger partial charge in [-0.1, -0.05) is 30.3 Å². The first-order chi connectivity index (χ1) is 12.8. The van der Waals surface area contributed by atoms with Gasteiger partial charge >= 0.3 is 0 Å². The number of anilines is 2. The minimum absolute atomic E-state index is 0. The molecule has 1 amide bonds. The molecule has 3 N–H and O–H groups in total. The molecule has 1 aliphatic rings. The van der Waals surface area contributed by atoms with Crippen LogP contribution in [0.15, 0.2) is 54.6 Å². The van der Waals surface area contributed by atoms with Crippen LogP contribution >= 0.6 is 12.4 Å². The molecule has 146 valence electrons. The SMILES string of the molecule is Cl.NCCCOC1CCN(C(=O)c2ccccc2Nc2ccccc2)CC1. The lowest BCUT2D eigenvalue weighted by molar-refractivity contribution is 0.00847. The second-order valence-corrected chi connectivity index (χ2v) is 6.54. The molecule has 2 aromatic rings. The predicted molar refractivity (Wildman–Crippen MR) is 112 cm³/mol. The maximum absolute atomic E-state index is 13.0. The molecule has 0 saturated carbocycles. The molecule has 1 aliphatic heterocycles. The number of nitrogens with two attached hydrogens (primary N) is 1. The van der Waals surface area contributed by atoms with Gasteiger partial charge in [0.15, 0.2) is 0 Å². The van der Waals surface area contributed by atoms with Crippen LogP contribution in [0, 0.1) is 0 Å². The molecule has 2 aromatic carbocycles. The number of nitrogens with zero attached hydrogens (tertiary/aromatic N) is 1. The van der Waals surface area contributed by atoms with Gasteiger partial charge < -0.3 is 20.7 Å². The number of amides is 1. The molecule has 0 spiro atoms. The summed E-state index contributed by atoms with van der Waals surface area (Å²) in [6, 6.07) is 17.6. The Balaban J connectivity index is 0.00000261. The molecular weight excluding hydrogens is 362 g/mol. The molecule has 0 atom stereocenters. The Hall–Kier alpha value is -2.08. The maximum atomic E-state index is 13.0. The van der Waals surface area contributed by atoms with E-state index in [1.165, 1.54) is 0 Å². The van der Waals surface area contributed by atoms with Crippen molar-refractivity contribution in [2.45, 2.75) is 25.4 Å². The smallest absolute Gasteiger partial charge is 0.255 e. The van der Waals surface area contributed by atoms with Gasteiger partial charge in [0.2, 0.25) is 0 Å². The van der Waals surface area contributed by atoms with Gasteiger partial charge in [0.05, 0.1) is 17.4 Å². The Kier molecular flexibility index (Phi) is 8.58. The fourth-order valence-electron chi connectivity index (χ4n) is 3.18. The molecule has 1 heterocycles. The van der Waals surface area contributed by atoms with E-state index in [9.17, 15) is 4.79 Å². The Morgan fingerprint density at radius 1 is 1.07 bits per heavy atom. The zero-order valence-electron chi connectivity index (χ0n) is 15.5. The molecule has 5 nitrogen and oxygen atoms in total. The standard InChI is InChI=1S/C21H27N3O2.ClH/c22-13-6-16-26-18-11-14-24(15-12-18)21(25)19-9-4-5-10-20(19)23-17-7-2-1-3-8-17;/h1-5,7-10,18,23H,6,11-16,22H2;1H. The van der Waals surface area contributed by atoms with Gasteiger partial charge in [0.1, 0.15) is 0 Å². The molecule has 6 heteroatoms. The predicted octanol–water partition coefficient (Wildman–Crippen LogP) is 3.82. The van der Waals surface area contributed by atoms with E-state index in [0.717, 1.165) is 43.7 Å².